The second-order valence-electron chi connectivity index (χ2n) is 8.38. The number of nitrogens with zero attached hydrogens (tertiary/aromatic N) is 2. The van der Waals surface area contributed by atoms with Gasteiger partial charge in [0, 0.05) is 59.4 Å². The number of carbonyl (C=O) groups excluding carboxylic acids is 2. The molecule has 8 nitrogen and oxygen atoms in total. The molecule has 4 heterocycles. The molecule has 0 unspecified atom stereocenters. The molecule has 0 radical (unpaired) electrons. The largest absolute Gasteiger partial charge is 0.465 e. The summed E-state index contributed by atoms with van der Waals surface area (Å²) in [4.78, 5) is 51.9. The average Bonchev–Trinajstić information content (AvgIpc) is 3.32. The van der Waals surface area contributed by atoms with Crippen LogP contribution in [0.1, 0.15) is 44.3 Å². The first-order valence-corrected chi connectivity index (χ1v) is 11.7. The van der Waals surface area contributed by atoms with Gasteiger partial charge in [-0.15, -0.1) is 11.3 Å². The molecule has 1 aliphatic heterocycles. The summed E-state index contributed by atoms with van der Waals surface area (Å²) >= 11 is 1.51. The molecule has 3 aromatic heterocycles. The zero-order valence-electron chi connectivity index (χ0n) is 18.7. The van der Waals surface area contributed by atoms with Gasteiger partial charge in [-0.25, -0.2) is 9.78 Å². The number of amides is 1. The number of nitrogens with one attached hydrogen (secondary N) is 2. The molecule has 0 fully saturated rings. The highest BCUT2D eigenvalue weighted by atomic mass is 32.1. The minimum Gasteiger partial charge on any atom is -0.465 e. The van der Waals surface area contributed by atoms with Crippen molar-refractivity contribution < 1.29 is 14.3 Å². The van der Waals surface area contributed by atoms with Crippen LogP contribution < -0.4 is 5.56 Å². The maximum atomic E-state index is 13.0. The highest BCUT2D eigenvalue weighted by molar-refractivity contribution is 7.18. The Kier molecular flexibility index (Phi) is 5.28. The molecule has 4 aromatic rings. The zero-order valence-corrected chi connectivity index (χ0v) is 19.5. The Morgan fingerprint density at radius 1 is 1.24 bits per heavy atom. The molecule has 0 saturated heterocycles. The van der Waals surface area contributed by atoms with Gasteiger partial charge in [0.1, 0.15) is 10.7 Å². The predicted octanol–water partition coefficient (Wildman–Crippen LogP) is 3.39. The molecule has 33 heavy (non-hydrogen) atoms. The number of ether oxygens (including phenoxy) is 1. The Bertz CT molecular complexity index is 1480. The summed E-state index contributed by atoms with van der Waals surface area (Å²) in [5, 5.41) is 1.58. The average molecular weight is 465 g/mol. The van der Waals surface area contributed by atoms with E-state index in [1.165, 1.54) is 18.4 Å². The standard InChI is InChI=1S/C24H24N4O4S/c1-12-13(2)33-23-21(12)22(30)26-19(27-23)6-7-20(29)28-9-8-18-16(11-28)15-10-14(24(31)32-3)4-5-17(15)25-18/h4-5,10,25H,6-9,11H2,1-3H3,(H,26,27,30). The lowest BCUT2D eigenvalue weighted by molar-refractivity contribution is -0.132. The van der Waals surface area contributed by atoms with Crippen LogP contribution >= 0.6 is 11.3 Å². The second-order valence-corrected chi connectivity index (χ2v) is 9.58. The van der Waals surface area contributed by atoms with E-state index in [0.717, 1.165) is 43.9 Å². The van der Waals surface area contributed by atoms with Crippen LogP contribution in [-0.2, 0) is 28.9 Å². The lowest BCUT2D eigenvalue weighted by atomic mass is 10.0. The number of rotatable bonds is 4. The monoisotopic (exact) mass is 464 g/mol. The number of esters is 1. The van der Waals surface area contributed by atoms with E-state index < -0.39 is 0 Å². The summed E-state index contributed by atoms with van der Waals surface area (Å²) in [5.74, 6) is 0.167. The fraction of sp³-hybridized carbons (Fsp3) is 0.333. The number of hydrogen-bond donors (Lipinski definition) is 2. The molecular weight excluding hydrogens is 440 g/mol. The van der Waals surface area contributed by atoms with Crippen molar-refractivity contribution in [1.82, 2.24) is 19.9 Å². The van der Waals surface area contributed by atoms with Crippen molar-refractivity contribution >= 4 is 44.3 Å². The third kappa shape index (κ3) is 3.72. The van der Waals surface area contributed by atoms with Crippen LogP contribution in [0.2, 0.25) is 0 Å². The molecule has 0 bridgehead atoms. The number of aryl methyl sites for hydroxylation is 3. The highest BCUT2D eigenvalue weighted by Crippen LogP contribution is 2.29. The Balaban J connectivity index is 1.33. The number of hydrogen-bond acceptors (Lipinski definition) is 6. The normalized spacial score (nSPS) is 13.5. The summed E-state index contributed by atoms with van der Waals surface area (Å²) in [7, 11) is 1.36. The number of H-pyrrole nitrogens is 2. The summed E-state index contributed by atoms with van der Waals surface area (Å²) in [6, 6.07) is 5.43. The van der Waals surface area contributed by atoms with Crippen molar-refractivity contribution in [2.75, 3.05) is 13.7 Å². The minimum absolute atomic E-state index is 0.0143. The van der Waals surface area contributed by atoms with Crippen LogP contribution in [-0.4, -0.2) is 45.4 Å². The SMILES string of the molecule is COC(=O)c1ccc2[nH]c3c(c2c1)CN(C(=O)CCc1nc2sc(C)c(C)c2c(=O)[nH]1)CC3. The number of carbonyl (C=O) groups is 2. The maximum Gasteiger partial charge on any atom is 0.337 e. The number of fused-ring (bicyclic) bond motifs is 4. The van der Waals surface area contributed by atoms with Gasteiger partial charge in [-0.3, -0.25) is 9.59 Å². The molecule has 1 aliphatic rings. The van der Waals surface area contributed by atoms with Crippen LogP contribution in [0.4, 0.5) is 0 Å². The molecule has 2 N–H and O–H groups in total. The third-order valence-electron chi connectivity index (χ3n) is 6.41. The van der Waals surface area contributed by atoms with Gasteiger partial charge in [-0.05, 0) is 37.6 Å². The van der Waals surface area contributed by atoms with Gasteiger partial charge in [-0.1, -0.05) is 0 Å². The Hall–Kier alpha value is -3.46. The van der Waals surface area contributed by atoms with E-state index >= 15 is 0 Å². The van der Waals surface area contributed by atoms with Crippen LogP contribution in [0.5, 0.6) is 0 Å². The fourth-order valence-corrected chi connectivity index (χ4v) is 5.52. The van der Waals surface area contributed by atoms with Crippen molar-refractivity contribution in [1.29, 1.82) is 0 Å². The van der Waals surface area contributed by atoms with Crippen molar-refractivity contribution in [3.05, 3.63) is 61.6 Å². The zero-order chi connectivity index (χ0) is 23.3. The smallest absolute Gasteiger partial charge is 0.337 e. The van der Waals surface area contributed by atoms with E-state index in [0.29, 0.717) is 36.3 Å². The first-order valence-electron chi connectivity index (χ1n) is 10.8. The summed E-state index contributed by atoms with van der Waals surface area (Å²) in [6.07, 6.45) is 1.37. The summed E-state index contributed by atoms with van der Waals surface area (Å²) in [5.41, 5.74) is 4.37. The van der Waals surface area contributed by atoms with Gasteiger partial charge < -0.3 is 19.6 Å². The predicted molar refractivity (Wildman–Crippen MR) is 127 cm³/mol. The maximum absolute atomic E-state index is 13.0. The van der Waals surface area contributed by atoms with E-state index in [4.69, 9.17) is 4.74 Å². The molecular formula is C24H24N4O4S. The van der Waals surface area contributed by atoms with Crippen molar-refractivity contribution in [2.24, 2.45) is 0 Å². The fourth-order valence-electron chi connectivity index (χ4n) is 4.47. The lowest BCUT2D eigenvalue weighted by Crippen LogP contribution is -2.36. The van der Waals surface area contributed by atoms with Crippen molar-refractivity contribution in [3.63, 3.8) is 0 Å². The van der Waals surface area contributed by atoms with E-state index in [2.05, 4.69) is 15.0 Å². The first kappa shape index (κ1) is 21.4. The Morgan fingerprint density at radius 3 is 2.85 bits per heavy atom. The first-order chi connectivity index (χ1) is 15.9. The molecule has 0 aliphatic carbocycles. The minimum atomic E-state index is -0.384. The van der Waals surface area contributed by atoms with Crippen LogP contribution in [0.3, 0.4) is 0 Å². The van der Waals surface area contributed by atoms with Crippen molar-refractivity contribution in [3.8, 4) is 0 Å². The highest BCUT2D eigenvalue weighted by Gasteiger charge is 2.25. The molecule has 0 atom stereocenters. The number of methoxy groups -OCH3 is 1. The third-order valence-corrected chi connectivity index (χ3v) is 7.51. The van der Waals surface area contributed by atoms with E-state index in [-0.39, 0.29) is 23.9 Å². The van der Waals surface area contributed by atoms with E-state index in [9.17, 15) is 14.4 Å². The number of thiophene rings is 1. The van der Waals surface area contributed by atoms with Gasteiger partial charge in [0.15, 0.2) is 0 Å². The molecule has 9 heteroatoms. The van der Waals surface area contributed by atoms with Crippen LogP contribution in [0.25, 0.3) is 21.1 Å². The van der Waals surface area contributed by atoms with Gasteiger partial charge in [0.25, 0.3) is 5.56 Å². The summed E-state index contributed by atoms with van der Waals surface area (Å²) in [6.45, 7) is 5.01. The molecule has 5 rings (SSSR count). The van der Waals surface area contributed by atoms with Gasteiger partial charge in [0.2, 0.25) is 5.91 Å². The lowest BCUT2D eigenvalue weighted by Gasteiger charge is -2.27. The molecule has 1 amide bonds. The number of benzene rings is 1. The van der Waals surface area contributed by atoms with Crippen LogP contribution in [0.15, 0.2) is 23.0 Å². The Labute approximate surface area is 193 Å². The van der Waals surface area contributed by atoms with E-state index in [1.807, 2.05) is 30.9 Å². The summed E-state index contributed by atoms with van der Waals surface area (Å²) < 4.78 is 4.84. The van der Waals surface area contributed by atoms with Gasteiger partial charge in [0.05, 0.1) is 18.1 Å². The van der Waals surface area contributed by atoms with Crippen molar-refractivity contribution in [2.45, 2.75) is 39.7 Å². The second kappa shape index (κ2) is 8.15. The molecule has 170 valence electrons. The van der Waals surface area contributed by atoms with Gasteiger partial charge in [-0.2, -0.15) is 0 Å². The molecule has 0 spiro atoms. The van der Waals surface area contributed by atoms with E-state index in [1.54, 1.807) is 6.07 Å². The Morgan fingerprint density at radius 2 is 2.06 bits per heavy atom. The van der Waals surface area contributed by atoms with Gasteiger partial charge >= 0.3 is 5.97 Å². The number of aromatic amines is 2. The molecule has 0 saturated carbocycles. The van der Waals surface area contributed by atoms with Crippen LogP contribution in [0, 0.1) is 13.8 Å². The quantitative estimate of drug-likeness (QED) is 0.450. The molecule has 1 aromatic carbocycles. The number of aromatic nitrogens is 3. The topological polar surface area (TPSA) is 108 Å².